The number of rotatable bonds is 2. The number of anilines is 1. The quantitative estimate of drug-likeness (QED) is 0.737. The summed E-state index contributed by atoms with van der Waals surface area (Å²) < 4.78 is 5.35. The number of nitrogens with zero attached hydrogens (tertiary/aromatic N) is 3. The zero-order valence-electron chi connectivity index (χ0n) is 13.2. The molecule has 0 spiro atoms. The van der Waals surface area contributed by atoms with E-state index in [0.29, 0.717) is 37.5 Å². The van der Waals surface area contributed by atoms with Gasteiger partial charge in [0.15, 0.2) is 0 Å². The van der Waals surface area contributed by atoms with Crippen molar-refractivity contribution in [1.29, 1.82) is 0 Å². The van der Waals surface area contributed by atoms with Crippen LogP contribution in [0.1, 0.15) is 20.8 Å². The SMILES string of the molecule is CC(C)(C)OC(=O)N1CCN(c2ncccc2B(O)O)CC1. The molecule has 0 bridgehead atoms. The van der Waals surface area contributed by atoms with E-state index in [2.05, 4.69) is 4.98 Å². The molecule has 1 aromatic heterocycles. The Morgan fingerprint density at radius 1 is 1.27 bits per heavy atom. The predicted molar refractivity (Wildman–Crippen MR) is 84.1 cm³/mol. The predicted octanol–water partition coefficient (Wildman–Crippen LogP) is -0.181. The van der Waals surface area contributed by atoms with Crippen molar-refractivity contribution in [2.45, 2.75) is 26.4 Å². The monoisotopic (exact) mass is 307 g/mol. The van der Waals surface area contributed by atoms with Crippen LogP contribution in [0, 0.1) is 0 Å². The first-order valence-electron chi connectivity index (χ1n) is 7.32. The lowest BCUT2D eigenvalue weighted by Crippen LogP contribution is -2.52. The molecule has 1 aliphatic heterocycles. The van der Waals surface area contributed by atoms with Crippen LogP contribution in [0.5, 0.6) is 0 Å². The Balaban J connectivity index is 2.00. The zero-order chi connectivity index (χ0) is 16.3. The Morgan fingerprint density at radius 2 is 1.91 bits per heavy atom. The van der Waals surface area contributed by atoms with Gasteiger partial charge in [0.05, 0.1) is 0 Å². The van der Waals surface area contributed by atoms with Crippen LogP contribution in [0.3, 0.4) is 0 Å². The Labute approximate surface area is 130 Å². The number of ether oxygens (including phenoxy) is 1. The van der Waals surface area contributed by atoms with Gasteiger partial charge in [-0.05, 0) is 26.8 Å². The summed E-state index contributed by atoms with van der Waals surface area (Å²) in [6.07, 6.45) is 1.29. The molecular formula is C14H22BN3O4. The molecule has 0 unspecified atom stereocenters. The summed E-state index contributed by atoms with van der Waals surface area (Å²) in [6.45, 7) is 7.66. The highest BCUT2D eigenvalue weighted by Crippen LogP contribution is 2.15. The molecule has 22 heavy (non-hydrogen) atoms. The van der Waals surface area contributed by atoms with E-state index in [1.807, 2.05) is 25.7 Å². The van der Waals surface area contributed by atoms with Crippen LogP contribution in [-0.2, 0) is 4.74 Å². The molecule has 0 aromatic carbocycles. The summed E-state index contributed by atoms with van der Waals surface area (Å²) in [7, 11) is -1.56. The van der Waals surface area contributed by atoms with E-state index in [1.165, 1.54) is 0 Å². The average Bonchev–Trinajstić information content (AvgIpc) is 2.45. The Bertz CT molecular complexity index is 525. The highest BCUT2D eigenvalue weighted by molar-refractivity contribution is 6.60. The third-order valence-corrected chi connectivity index (χ3v) is 3.33. The number of pyridine rings is 1. The second-order valence-electron chi connectivity index (χ2n) is 6.24. The van der Waals surface area contributed by atoms with Crippen molar-refractivity contribution in [2.24, 2.45) is 0 Å². The van der Waals surface area contributed by atoms with E-state index in [4.69, 9.17) is 4.74 Å². The normalized spacial score (nSPS) is 15.7. The van der Waals surface area contributed by atoms with Crippen molar-refractivity contribution in [3.63, 3.8) is 0 Å². The molecule has 1 aromatic rings. The van der Waals surface area contributed by atoms with E-state index < -0.39 is 12.7 Å². The van der Waals surface area contributed by atoms with E-state index in [9.17, 15) is 14.8 Å². The molecule has 0 atom stereocenters. The van der Waals surface area contributed by atoms with Gasteiger partial charge in [-0.2, -0.15) is 0 Å². The molecule has 7 nitrogen and oxygen atoms in total. The summed E-state index contributed by atoms with van der Waals surface area (Å²) in [5.41, 5.74) is -0.142. The lowest BCUT2D eigenvalue weighted by molar-refractivity contribution is 0.0240. The number of amides is 1. The molecule has 2 rings (SSSR count). The first kappa shape index (κ1) is 16.6. The van der Waals surface area contributed by atoms with Crippen LogP contribution >= 0.6 is 0 Å². The van der Waals surface area contributed by atoms with Crippen LogP contribution in [0.25, 0.3) is 0 Å². The number of aromatic nitrogens is 1. The molecular weight excluding hydrogens is 285 g/mol. The molecule has 1 aliphatic rings. The summed E-state index contributed by atoms with van der Waals surface area (Å²) in [5.74, 6) is 0.543. The van der Waals surface area contributed by atoms with Crippen LogP contribution in [0.4, 0.5) is 10.6 Å². The highest BCUT2D eigenvalue weighted by atomic mass is 16.6. The Hall–Kier alpha value is -1.80. The van der Waals surface area contributed by atoms with Crippen LogP contribution < -0.4 is 10.4 Å². The van der Waals surface area contributed by atoms with Crippen molar-refractivity contribution in [2.75, 3.05) is 31.1 Å². The number of piperazine rings is 1. The smallest absolute Gasteiger partial charge is 0.444 e. The summed E-state index contributed by atoms with van der Waals surface area (Å²) in [5, 5.41) is 18.8. The molecule has 120 valence electrons. The fraction of sp³-hybridized carbons (Fsp3) is 0.571. The van der Waals surface area contributed by atoms with Gasteiger partial charge < -0.3 is 24.6 Å². The van der Waals surface area contributed by atoms with Crippen molar-refractivity contribution in [1.82, 2.24) is 9.88 Å². The molecule has 0 aliphatic carbocycles. The lowest BCUT2D eigenvalue weighted by atomic mass is 9.80. The fourth-order valence-electron chi connectivity index (χ4n) is 2.30. The van der Waals surface area contributed by atoms with E-state index in [1.54, 1.807) is 23.2 Å². The van der Waals surface area contributed by atoms with Gasteiger partial charge in [-0.3, -0.25) is 0 Å². The standard InChI is InChI=1S/C14H22BN3O4/c1-14(2,3)22-13(19)18-9-7-17(8-10-18)12-11(15(20)21)5-4-6-16-12/h4-6,20-21H,7-10H2,1-3H3. The van der Waals surface area contributed by atoms with Crippen LogP contribution in [0.15, 0.2) is 18.3 Å². The topological polar surface area (TPSA) is 86.1 Å². The molecule has 8 heteroatoms. The lowest BCUT2D eigenvalue weighted by Gasteiger charge is -2.36. The van der Waals surface area contributed by atoms with Gasteiger partial charge in [0, 0.05) is 37.8 Å². The van der Waals surface area contributed by atoms with Crippen molar-refractivity contribution >= 4 is 24.5 Å². The number of carbonyl (C=O) groups is 1. The first-order chi connectivity index (χ1) is 10.3. The van der Waals surface area contributed by atoms with Gasteiger partial charge in [-0.15, -0.1) is 0 Å². The van der Waals surface area contributed by atoms with Gasteiger partial charge >= 0.3 is 13.2 Å². The second kappa shape index (κ2) is 6.54. The molecule has 1 amide bonds. The van der Waals surface area contributed by atoms with E-state index >= 15 is 0 Å². The minimum Gasteiger partial charge on any atom is -0.444 e. The number of hydrogen-bond donors (Lipinski definition) is 2. The minimum atomic E-state index is -1.56. The molecule has 1 fully saturated rings. The Morgan fingerprint density at radius 3 is 2.45 bits per heavy atom. The van der Waals surface area contributed by atoms with Crippen molar-refractivity contribution in [3.05, 3.63) is 18.3 Å². The van der Waals surface area contributed by atoms with Gasteiger partial charge in [0.1, 0.15) is 11.4 Å². The van der Waals surface area contributed by atoms with Crippen LogP contribution in [-0.4, -0.2) is 64.9 Å². The maximum Gasteiger partial charge on any atom is 0.492 e. The average molecular weight is 307 g/mol. The summed E-state index contributed by atoms with van der Waals surface area (Å²) >= 11 is 0. The maximum atomic E-state index is 12.0. The molecule has 0 saturated carbocycles. The maximum absolute atomic E-state index is 12.0. The van der Waals surface area contributed by atoms with E-state index in [-0.39, 0.29) is 6.09 Å². The van der Waals surface area contributed by atoms with Crippen LogP contribution in [0.2, 0.25) is 0 Å². The van der Waals surface area contributed by atoms with E-state index in [0.717, 1.165) is 0 Å². The first-order valence-corrected chi connectivity index (χ1v) is 7.32. The Kier molecular flexibility index (Phi) is 4.92. The third kappa shape index (κ3) is 4.11. The summed E-state index contributed by atoms with van der Waals surface area (Å²) in [6, 6.07) is 3.29. The fourth-order valence-corrected chi connectivity index (χ4v) is 2.30. The van der Waals surface area contributed by atoms with Crippen molar-refractivity contribution < 1.29 is 19.6 Å². The zero-order valence-corrected chi connectivity index (χ0v) is 13.2. The van der Waals surface area contributed by atoms with Gasteiger partial charge in [-0.1, -0.05) is 6.07 Å². The number of carbonyl (C=O) groups excluding carboxylic acids is 1. The van der Waals surface area contributed by atoms with Crippen molar-refractivity contribution in [3.8, 4) is 0 Å². The minimum absolute atomic E-state index is 0.324. The molecule has 0 radical (unpaired) electrons. The van der Waals surface area contributed by atoms with Gasteiger partial charge in [0.2, 0.25) is 0 Å². The molecule has 1 saturated heterocycles. The number of hydrogen-bond acceptors (Lipinski definition) is 6. The molecule has 2 heterocycles. The van der Waals surface area contributed by atoms with Gasteiger partial charge in [-0.25, -0.2) is 9.78 Å². The summed E-state index contributed by atoms with van der Waals surface area (Å²) in [4.78, 5) is 19.8. The molecule has 2 N–H and O–H groups in total. The highest BCUT2D eigenvalue weighted by Gasteiger charge is 2.28. The van der Waals surface area contributed by atoms with Gasteiger partial charge in [0.25, 0.3) is 0 Å². The third-order valence-electron chi connectivity index (χ3n) is 3.33. The second-order valence-corrected chi connectivity index (χ2v) is 6.24. The largest absolute Gasteiger partial charge is 0.492 e.